The van der Waals surface area contributed by atoms with E-state index < -0.39 is 45.3 Å². The zero-order chi connectivity index (χ0) is 32.5. The number of sulfone groups is 1. The number of anilines is 2. The van der Waals surface area contributed by atoms with E-state index in [1.54, 1.807) is 0 Å². The summed E-state index contributed by atoms with van der Waals surface area (Å²) in [6.45, 7) is 1.08. The molecule has 0 radical (unpaired) electrons. The number of amides is 1. The van der Waals surface area contributed by atoms with Gasteiger partial charge in [-0.2, -0.15) is 15.2 Å². The van der Waals surface area contributed by atoms with Crippen molar-refractivity contribution in [2.75, 3.05) is 41.8 Å². The fraction of sp³-hybridized carbons (Fsp3) is 0.379. The maximum absolute atomic E-state index is 16.7. The van der Waals surface area contributed by atoms with Gasteiger partial charge in [0, 0.05) is 29.3 Å². The van der Waals surface area contributed by atoms with Crippen molar-refractivity contribution in [1.29, 1.82) is 5.26 Å². The summed E-state index contributed by atoms with van der Waals surface area (Å²) >= 11 is 7.34. The number of nitrogens with one attached hydrogen (secondary N) is 2. The molecular weight excluding hydrogens is 669 g/mol. The molecule has 46 heavy (non-hydrogen) atoms. The second kappa shape index (κ2) is 11.1. The minimum Gasteiger partial charge on any atom is -0.465 e. The molecule has 3 saturated heterocycles. The fourth-order valence-corrected chi connectivity index (χ4v) is 9.42. The van der Waals surface area contributed by atoms with E-state index in [9.17, 15) is 32.4 Å². The lowest BCUT2D eigenvalue weighted by atomic mass is 9.95. The molecule has 4 aromatic rings. The highest BCUT2D eigenvalue weighted by Gasteiger charge is 2.49. The van der Waals surface area contributed by atoms with Crippen LogP contribution in [0, 0.1) is 23.0 Å². The molecule has 240 valence electrons. The monoisotopic (exact) mass is 692 g/mol. The first-order valence-corrected chi connectivity index (χ1v) is 17.2. The number of nitrogens with zero attached hydrogens (tertiary/aromatic N) is 4. The van der Waals surface area contributed by atoms with E-state index >= 15 is 4.39 Å². The van der Waals surface area contributed by atoms with Gasteiger partial charge in [0.1, 0.15) is 41.0 Å². The Morgan fingerprint density at radius 3 is 2.80 bits per heavy atom. The summed E-state index contributed by atoms with van der Waals surface area (Å²) in [5.41, 5.74) is -1.22. The highest BCUT2D eigenvalue weighted by Crippen LogP contribution is 2.46. The number of carbonyl (C=O) groups is 1. The van der Waals surface area contributed by atoms with Gasteiger partial charge in [0.05, 0.1) is 38.4 Å². The van der Waals surface area contributed by atoms with Crippen LogP contribution in [-0.2, 0) is 9.84 Å². The number of nitriles is 1. The molecule has 3 fully saturated rings. The zero-order valence-electron chi connectivity index (χ0n) is 23.7. The van der Waals surface area contributed by atoms with Crippen LogP contribution in [0.15, 0.2) is 18.2 Å². The summed E-state index contributed by atoms with van der Waals surface area (Å²) in [6.07, 6.45) is -0.613. The number of alkyl halides is 1. The number of rotatable bonds is 7. The molecule has 0 bridgehead atoms. The van der Waals surface area contributed by atoms with Gasteiger partial charge in [-0.25, -0.2) is 26.4 Å². The average molecular weight is 693 g/mol. The van der Waals surface area contributed by atoms with Gasteiger partial charge in [0.15, 0.2) is 15.7 Å². The number of carboxylic acid groups (broad SMARTS) is 1. The fourth-order valence-electron chi connectivity index (χ4n) is 6.76. The number of benzene rings is 2. The molecule has 0 aliphatic carbocycles. The van der Waals surface area contributed by atoms with Crippen LogP contribution in [0.25, 0.3) is 32.1 Å². The summed E-state index contributed by atoms with van der Waals surface area (Å²) < 4.78 is 75.7. The van der Waals surface area contributed by atoms with Crippen molar-refractivity contribution in [2.45, 2.75) is 37.0 Å². The van der Waals surface area contributed by atoms with Crippen molar-refractivity contribution in [2.24, 2.45) is 0 Å². The van der Waals surface area contributed by atoms with Gasteiger partial charge in [-0.1, -0.05) is 17.7 Å². The van der Waals surface area contributed by atoms with Crippen LogP contribution < -0.4 is 15.4 Å². The van der Waals surface area contributed by atoms with E-state index in [2.05, 4.69) is 20.6 Å². The maximum Gasteiger partial charge on any atom is 0.409 e. The lowest BCUT2D eigenvalue weighted by molar-refractivity contribution is 0.107. The third kappa shape index (κ3) is 5.15. The zero-order valence-corrected chi connectivity index (χ0v) is 26.1. The first-order valence-electron chi connectivity index (χ1n) is 14.2. The molecule has 7 rings (SSSR count). The Hall–Kier alpha value is -3.91. The molecule has 0 spiro atoms. The SMILES string of the molecule is N#Cc1c(NC(=O)O)sc2c(F)ccc(-c3c(Cl)cc4c(NC5CS(=O)(=O)C5)nc(OC[C@@]56CCCN5C[C@H](F)C6)nc4c3F)c12. The molecule has 0 saturated carbocycles. The van der Waals surface area contributed by atoms with Crippen molar-refractivity contribution in [3.05, 3.63) is 40.4 Å². The van der Waals surface area contributed by atoms with Crippen molar-refractivity contribution in [1.82, 2.24) is 14.9 Å². The Balaban J connectivity index is 1.37. The van der Waals surface area contributed by atoms with Crippen LogP contribution in [0.3, 0.4) is 0 Å². The van der Waals surface area contributed by atoms with E-state index in [1.807, 2.05) is 11.0 Å². The van der Waals surface area contributed by atoms with Crippen molar-refractivity contribution >= 4 is 70.7 Å². The van der Waals surface area contributed by atoms with Gasteiger partial charge in [0.25, 0.3) is 0 Å². The van der Waals surface area contributed by atoms with Crippen molar-refractivity contribution in [3.8, 4) is 23.2 Å². The van der Waals surface area contributed by atoms with Crippen LogP contribution in [0.5, 0.6) is 6.01 Å². The summed E-state index contributed by atoms with van der Waals surface area (Å²) in [6, 6.07) is 4.82. The molecule has 2 atom stereocenters. The molecule has 11 nitrogen and oxygen atoms in total. The van der Waals surface area contributed by atoms with Crippen LogP contribution in [-0.4, -0.2) is 83.4 Å². The van der Waals surface area contributed by atoms with Crippen molar-refractivity contribution < 1.29 is 36.2 Å². The molecule has 17 heteroatoms. The maximum atomic E-state index is 16.7. The molecule has 0 unspecified atom stereocenters. The second-order valence-electron chi connectivity index (χ2n) is 11.7. The van der Waals surface area contributed by atoms with Crippen LogP contribution >= 0.6 is 22.9 Å². The topological polar surface area (TPSA) is 158 Å². The normalized spacial score (nSPS) is 22.5. The quantitative estimate of drug-likeness (QED) is 0.224. The minimum atomic E-state index is -3.22. The Morgan fingerprint density at radius 1 is 1.30 bits per heavy atom. The summed E-state index contributed by atoms with van der Waals surface area (Å²) in [7, 11) is -3.22. The Bertz CT molecular complexity index is 2100. The average Bonchev–Trinajstić information content (AvgIpc) is 3.62. The highest BCUT2D eigenvalue weighted by atomic mass is 35.5. The van der Waals surface area contributed by atoms with Crippen LogP contribution in [0.4, 0.5) is 28.8 Å². The summed E-state index contributed by atoms with van der Waals surface area (Å²) in [4.78, 5) is 22.2. The standard InChI is InChI=1S/C29H24ClF3N6O5S2/c30-18-6-16-23(22(33)21(18)15-2-3-19(32)24-20(15)17(8-34)26(45-24)38-28(40)41)36-27(37-25(16)35-14-10-46(42,43)11-14)44-12-29-4-1-5-39(29)9-13(31)7-29/h2-3,6,13-14,38H,1,4-5,7,9-12H2,(H,40,41)(H,35,36,37)/t13-,29+/m1/s1. The number of ether oxygens (including phenoxy) is 1. The number of halogens is 4. The van der Waals surface area contributed by atoms with Gasteiger partial charge in [-0.15, -0.1) is 11.3 Å². The van der Waals surface area contributed by atoms with Gasteiger partial charge in [-0.05, 0) is 37.1 Å². The van der Waals surface area contributed by atoms with Gasteiger partial charge < -0.3 is 15.2 Å². The van der Waals surface area contributed by atoms with E-state index in [4.69, 9.17) is 16.3 Å². The predicted molar refractivity (Wildman–Crippen MR) is 166 cm³/mol. The lowest BCUT2D eigenvalue weighted by Gasteiger charge is -2.31. The molecule has 3 aliphatic rings. The smallest absolute Gasteiger partial charge is 0.409 e. The molecule has 1 amide bonds. The molecule has 3 N–H and O–H groups in total. The largest absolute Gasteiger partial charge is 0.465 e. The molecule has 3 aliphatic heterocycles. The van der Waals surface area contributed by atoms with E-state index in [1.165, 1.54) is 12.1 Å². The van der Waals surface area contributed by atoms with Crippen LogP contribution in [0.2, 0.25) is 5.02 Å². The Morgan fingerprint density at radius 2 is 2.09 bits per heavy atom. The van der Waals surface area contributed by atoms with Crippen molar-refractivity contribution in [3.63, 3.8) is 0 Å². The Labute approximate surface area is 268 Å². The van der Waals surface area contributed by atoms with E-state index in [0.29, 0.717) is 24.3 Å². The first kappa shape index (κ1) is 30.7. The predicted octanol–water partition coefficient (Wildman–Crippen LogP) is 5.57. The number of hydrogen-bond donors (Lipinski definition) is 3. The number of fused-ring (bicyclic) bond motifs is 3. The molecule has 5 heterocycles. The molecular formula is C29H24ClF3N6O5S2. The van der Waals surface area contributed by atoms with Gasteiger partial charge in [-0.3, -0.25) is 10.2 Å². The third-order valence-electron chi connectivity index (χ3n) is 8.74. The summed E-state index contributed by atoms with van der Waals surface area (Å²) in [5.74, 6) is -1.95. The summed E-state index contributed by atoms with van der Waals surface area (Å²) in [5, 5.41) is 24.0. The number of aromatic nitrogens is 2. The van der Waals surface area contributed by atoms with Gasteiger partial charge >= 0.3 is 12.1 Å². The molecule has 2 aromatic heterocycles. The minimum absolute atomic E-state index is 0.0214. The van der Waals surface area contributed by atoms with E-state index in [-0.39, 0.29) is 84.1 Å². The number of hydrogen-bond acceptors (Lipinski definition) is 10. The first-order chi connectivity index (χ1) is 21.9. The van der Waals surface area contributed by atoms with Gasteiger partial charge in [0.2, 0.25) is 0 Å². The van der Waals surface area contributed by atoms with Crippen LogP contribution in [0.1, 0.15) is 24.8 Å². The Kier molecular flexibility index (Phi) is 7.42. The third-order valence-corrected chi connectivity index (χ3v) is 12.0. The highest BCUT2D eigenvalue weighted by molar-refractivity contribution is 7.92. The second-order valence-corrected chi connectivity index (χ2v) is 15.3. The lowest BCUT2D eigenvalue weighted by Crippen LogP contribution is -2.46. The van der Waals surface area contributed by atoms with E-state index in [0.717, 1.165) is 19.0 Å². The number of thiophene rings is 1. The molecule has 2 aromatic carbocycles.